The Morgan fingerprint density at radius 2 is 2.03 bits per heavy atom. The number of furan rings is 1. The summed E-state index contributed by atoms with van der Waals surface area (Å²) < 4.78 is 13.1. The summed E-state index contributed by atoms with van der Waals surface area (Å²) in [5.41, 5.74) is 0.670. The molecule has 0 bridgehead atoms. The molecule has 0 aliphatic rings. The molecular formula is C25H16BrClN4O5. The van der Waals surface area contributed by atoms with Crippen LogP contribution in [0.2, 0.25) is 5.02 Å². The van der Waals surface area contributed by atoms with Gasteiger partial charge in [0.25, 0.3) is 5.56 Å². The predicted molar refractivity (Wildman–Crippen MR) is 141 cm³/mol. The van der Waals surface area contributed by atoms with Crippen molar-refractivity contribution in [2.75, 3.05) is 6.61 Å². The van der Waals surface area contributed by atoms with Crippen LogP contribution in [-0.2, 0) is 0 Å². The molecule has 0 unspecified atom stereocenters. The molecule has 0 saturated heterocycles. The van der Waals surface area contributed by atoms with Gasteiger partial charge in [-0.05, 0) is 49.4 Å². The Morgan fingerprint density at radius 1 is 1.22 bits per heavy atom. The molecule has 5 rings (SSSR count). The minimum absolute atomic E-state index is 0.0381. The van der Waals surface area contributed by atoms with Crippen molar-refractivity contribution in [2.45, 2.75) is 6.92 Å². The van der Waals surface area contributed by atoms with Crippen LogP contribution in [0, 0.1) is 10.1 Å². The number of hydrogen-bond donors (Lipinski definition) is 0. The Labute approximate surface area is 216 Å². The van der Waals surface area contributed by atoms with Gasteiger partial charge in [-0.15, -0.1) is 0 Å². The van der Waals surface area contributed by atoms with Crippen LogP contribution in [0.25, 0.3) is 33.5 Å². The molecule has 36 heavy (non-hydrogen) atoms. The Balaban J connectivity index is 1.74. The molecule has 0 atom stereocenters. The van der Waals surface area contributed by atoms with E-state index in [1.54, 1.807) is 61.5 Å². The van der Waals surface area contributed by atoms with Crippen molar-refractivity contribution < 1.29 is 14.1 Å². The first-order valence-electron chi connectivity index (χ1n) is 10.7. The van der Waals surface area contributed by atoms with Gasteiger partial charge >= 0.3 is 5.69 Å². The topological polar surface area (TPSA) is 113 Å². The van der Waals surface area contributed by atoms with E-state index < -0.39 is 10.5 Å². The van der Waals surface area contributed by atoms with E-state index in [1.807, 2.05) is 0 Å². The minimum Gasteiger partial charge on any atom is -0.487 e. The second kappa shape index (κ2) is 9.56. The van der Waals surface area contributed by atoms with Crippen molar-refractivity contribution in [1.82, 2.24) is 9.66 Å². The van der Waals surface area contributed by atoms with Crippen molar-refractivity contribution >= 4 is 61.3 Å². The molecule has 0 N–H and O–H groups in total. The first-order valence-corrected chi connectivity index (χ1v) is 11.9. The van der Waals surface area contributed by atoms with Crippen LogP contribution in [0.5, 0.6) is 5.75 Å². The summed E-state index contributed by atoms with van der Waals surface area (Å²) in [7, 11) is 0. The van der Waals surface area contributed by atoms with Gasteiger partial charge in [0, 0.05) is 26.5 Å². The molecule has 0 aliphatic carbocycles. The minimum atomic E-state index is -0.540. The number of aromatic nitrogens is 2. The number of nitro groups is 1. The zero-order valence-electron chi connectivity index (χ0n) is 18.6. The fraction of sp³-hybridized carbons (Fsp3) is 0.0800. The lowest BCUT2D eigenvalue weighted by molar-refractivity contribution is -0.385. The highest BCUT2D eigenvalue weighted by molar-refractivity contribution is 9.10. The standard InChI is InChI=1S/C25H16BrClN4O5/c1-2-35-23-15(9-16(26)12-20(23)31(33)34)13-28-30-24(29-19-6-4-3-5-18(19)25(30)32)22-11-14-10-17(27)7-8-21(14)36-22/h3-13H,2H2,1H3. The van der Waals surface area contributed by atoms with E-state index in [9.17, 15) is 14.9 Å². The van der Waals surface area contributed by atoms with E-state index in [0.717, 1.165) is 10.1 Å². The van der Waals surface area contributed by atoms with Gasteiger partial charge in [-0.1, -0.05) is 39.7 Å². The molecule has 3 aromatic carbocycles. The maximum atomic E-state index is 13.5. The number of rotatable bonds is 6. The SMILES string of the molecule is CCOc1c(C=Nn2c(-c3cc4cc(Cl)ccc4o3)nc3ccccc3c2=O)cc(Br)cc1[N+](=O)[O-]. The number of halogens is 2. The summed E-state index contributed by atoms with van der Waals surface area (Å²) in [6, 6.07) is 16.7. The zero-order valence-corrected chi connectivity index (χ0v) is 21.0. The van der Waals surface area contributed by atoms with Gasteiger partial charge in [0.2, 0.25) is 11.6 Å². The van der Waals surface area contributed by atoms with Crippen LogP contribution in [0.4, 0.5) is 5.69 Å². The Hall–Kier alpha value is -4.02. The van der Waals surface area contributed by atoms with Crippen molar-refractivity contribution in [3.8, 4) is 17.3 Å². The van der Waals surface area contributed by atoms with Gasteiger partial charge in [-0.25, -0.2) is 4.98 Å². The molecule has 2 heterocycles. The van der Waals surface area contributed by atoms with Gasteiger partial charge < -0.3 is 9.15 Å². The average Bonchev–Trinajstić information content (AvgIpc) is 3.27. The van der Waals surface area contributed by atoms with Gasteiger partial charge in [0.15, 0.2) is 5.76 Å². The second-order valence-corrected chi connectivity index (χ2v) is 8.99. The highest BCUT2D eigenvalue weighted by atomic mass is 79.9. The number of fused-ring (bicyclic) bond motifs is 2. The van der Waals surface area contributed by atoms with Crippen LogP contribution in [0.3, 0.4) is 0 Å². The summed E-state index contributed by atoms with van der Waals surface area (Å²) in [5.74, 6) is 0.499. The second-order valence-electron chi connectivity index (χ2n) is 7.64. The zero-order chi connectivity index (χ0) is 25.4. The van der Waals surface area contributed by atoms with E-state index >= 15 is 0 Å². The van der Waals surface area contributed by atoms with Crippen molar-refractivity contribution in [2.24, 2.45) is 5.10 Å². The van der Waals surface area contributed by atoms with E-state index in [2.05, 4.69) is 26.0 Å². The predicted octanol–water partition coefficient (Wildman–Crippen LogP) is 6.41. The molecule has 5 aromatic rings. The molecule has 2 aromatic heterocycles. The Kier molecular flexibility index (Phi) is 6.29. The first kappa shape index (κ1) is 23.7. The fourth-order valence-electron chi connectivity index (χ4n) is 3.77. The normalized spacial score (nSPS) is 11.5. The maximum absolute atomic E-state index is 13.5. The Bertz CT molecular complexity index is 1740. The summed E-state index contributed by atoms with van der Waals surface area (Å²) >= 11 is 9.40. The quantitative estimate of drug-likeness (QED) is 0.133. The lowest BCUT2D eigenvalue weighted by Crippen LogP contribution is -2.20. The summed E-state index contributed by atoms with van der Waals surface area (Å²) in [5, 5.41) is 17.6. The first-order chi connectivity index (χ1) is 17.4. The Morgan fingerprint density at radius 3 is 2.81 bits per heavy atom. The van der Waals surface area contributed by atoms with Gasteiger partial charge in [0.1, 0.15) is 5.58 Å². The molecule has 0 radical (unpaired) electrons. The molecule has 11 heteroatoms. The maximum Gasteiger partial charge on any atom is 0.312 e. The molecule has 0 spiro atoms. The molecule has 9 nitrogen and oxygen atoms in total. The number of hydrogen-bond acceptors (Lipinski definition) is 7. The average molecular weight is 568 g/mol. The number of benzene rings is 3. The lowest BCUT2D eigenvalue weighted by atomic mass is 10.2. The van der Waals surface area contributed by atoms with E-state index in [0.29, 0.717) is 37.3 Å². The summed E-state index contributed by atoms with van der Waals surface area (Å²) in [4.78, 5) is 29.2. The molecule has 0 amide bonds. The van der Waals surface area contributed by atoms with Crippen molar-refractivity contribution in [3.05, 3.63) is 96.2 Å². The van der Waals surface area contributed by atoms with Crippen molar-refractivity contribution in [3.63, 3.8) is 0 Å². The third kappa shape index (κ3) is 4.36. The van der Waals surface area contributed by atoms with Crippen LogP contribution >= 0.6 is 27.5 Å². The number of para-hydroxylation sites is 1. The van der Waals surface area contributed by atoms with Gasteiger partial charge in [-0.3, -0.25) is 14.9 Å². The molecule has 0 fully saturated rings. The van der Waals surface area contributed by atoms with E-state index in [1.165, 1.54) is 12.3 Å². The number of nitro benzene ring substituents is 1. The fourth-order valence-corrected chi connectivity index (χ4v) is 4.41. The van der Waals surface area contributed by atoms with Crippen LogP contribution < -0.4 is 10.3 Å². The largest absolute Gasteiger partial charge is 0.487 e. The molecule has 0 aliphatic heterocycles. The van der Waals surface area contributed by atoms with Crippen LogP contribution in [-0.4, -0.2) is 27.4 Å². The summed E-state index contributed by atoms with van der Waals surface area (Å²) in [6.45, 7) is 1.92. The third-order valence-corrected chi connectivity index (χ3v) is 6.01. The highest BCUT2D eigenvalue weighted by Gasteiger charge is 2.21. The molecule has 0 saturated carbocycles. The summed E-state index contributed by atoms with van der Waals surface area (Å²) in [6.07, 6.45) is 1.32. The highest BCUT2D eigenvalue weighted by Crippen LogP contribution is 2.34. The number of nitrogens with zero attached hydrogens (tertiary/aromatic N) is 4. The monoisotopic (exact) mass is 566 g/mol. The van der Waals surface area contributed by atoms with Gasteiger partial charge in [-0.2, -0.15) is 9.78 Å². The number of ether oxygens (including phenoxy) is 1. The third-order valence-electron chi connectivity index (χ3n) is 5.31. The smallest absolute Gasteiger partial charge is 0.312 e. The van der Waals surface area contributed by atoms with Crippen molar-refractivity contribution in [1.29, 1.82) is 0 Å². The van der Waals surface area contributed by atoms with Gasteiger partial charge in [0.05, 0.1) is 28.6 Å². The van der Waals surface area contributed by atoms with E-state index in [4.69, 9.17) is 20.8 Å². The lowest BCUT2D eigenvalue weighted by Gasteiger charge is -2.10. The van der Waals surface area contributed by atoms with Crippen LogP contribution in [0.15, 0.2) is 79.4 Å². The molecular weight excluding hydrogens is 552 g/mol. The van der Waals surface area contributed by atoms with E-state index in [-0.39, 0.29) is 23.9 Å². The van der Waals surface area contributed by atoms with Crippen LogP contribution in [0.1, 0.15) is 12.5 Å². The molecule has 180 valence electrons.